The van der Waals surface area contributed by atoms with Crippen LogP contribution in [0.15, 0.2) is 29.2 Å². The lowest BCUT2D eigenvalue weighted by Crippen LogP contribution is -2.32. The number of rotatable bonds is 10. The van der Waals surface area contributed by atoms with E-state index in [0.717, 1.165) is 17.4 Å². The molecule has 0 bridgehead atoms. The summed E-state index contributed by atoms with van der Waals surface area (Å²) in [7, 11) is 0. The van der Waals surface area contributed by atoms with Crippen LogP contribution in [0.2, 0.25) is 0 Å². The van der Waals surface area contributed by atoms with Gasteiger partial charge in [-0.05, 0) is 18.9 Å². The fraction of sp³-hybridized carbons (Fsp3) is 0.600. The maximum Gasteiger partial charge on any atom is 0.413 e. The van der Waals surface area contributed by atoms with Crippen molar-refractivity contribution in [1.82, 2.24) is 9.55 Å². The second-order valence-electron chi connectivity index (χ2n) is 6.94. The maximum absolute atomic E-state index is 12.3. The van der Waals surface area contributed by atoms with Crippen LogP contribution in [0.5, 0.6) is 0 Å². The fourth-order valence-corrected chi connectivity index (χ4v) is 3.09. The third kappa shape index (κ3) is 6.38. The first-order valence-electron chi connectivity index (χ1n) is 10.0. The van der Waals surface area contributed by atoms with Crippen LogP contribution < -0.4 is 11.0 Å². The number of nitrogens with zero attached hydrogens (tertiary/aromatic N) is 3. The molecule has 1 aromatic heterocycles. The summed E-state index contributed by atoms with van der Waals surface area (Å²) >= 11 is 0. The largest absolute Gasteiger partial charge is 0.445 e. The molecule has 10 heteroatoms. The Morgan fingerprint density at radius 3 is 2.90 bits per heavy atom. The monoisotopic (exact) mass is 420 g/mol. The number of nitrogens with one attached hydrogen (secondary N) is 1. The van der Waals surface area contributed by atoms with Crippen LogP contribution in [0.25, 0.3) is 0 Å². The lowest BCUT2D eigenvalue weighted by atomic mass is 10.0. The molecule has 0 aliphatic carbocycles. The Morgan fingerprint density at radius 1 is 1.43 bits per heavy atom. The third-order valence-electron chi connectivity index (χ3n) is 4.74. The molecule has 1 amide bonds. The van der Waals surface area contributed by atoms with Gasteiger partial charge < -0.3 is 19.7 Å². The van der Waals surface area contributed by atoms with Crippen LogP contribution >= 0.6 is 0 Å². The van der Waals surface area contributed by atoms with Gasteiger partial charge in [0, 0.05) is 6.20 Å². The van der Waals surface area contributed by atoms with E-state index in [2.05, 4.69) is 17.2 Å². The number of unbranched alkanes of at least 4 members (excludes halogenated alkanes) is 4. The molecule has 164 valence electrons. The molecule has 3 N–H and O–H groups in total. The highest BCUT2D eigenvalue weighted by atomic mass is 16.6. The normalized spacial score (nSPS) is 23.4. The summed E-state index contributed by atoms with van der Waals surface area (Å²) in [6.07, 6.45) is 6.58. The molecule has 0 spiro atoms. The molecule has 1 saturated heterocycles. The van der Waals surface area contributed by atoms with E-state index in [-0.39, 0.29) is 12.4 Å². The van der Waals surface area contributed by atoms with Crippen LogP contribution in [0.4, 0.5) is 10.6 Å². The predicted molar refractivity (Wildman–Crippen MR) is 107 cm³/mol. The van der Waals surface area contributed by atoms with Gasteiger partial charge in [-0.25, -0.2) is 9.59 Å². The number of aromatic nitrogens is 2. The summed E-state index contributed by atoms with van der Waals surface area (Å²) in [5, 5.41) is 30.8. The number of amides is 1. The van der Waals surface area contributed by atoms with Crippen molar-refractivity contribution < 1.29 is 24.5 Å². The Labute approximate surface area is 174 Å². The van der Waals surface area contributed by atoms with Crippen LogP contribution in [0.3, 0.4) is 0 Å². The first-order chi connectivity index (χ1) is 14.5. The number of carbonyl (C=O) groups is 1. The van der Waals surface area contributed by atoms with Crippen LogP contribution in [0, 0.1) is 17.2 Å². The Kier molecular flexibility index (Phi) is 9.47. The number of hydrogen-bond donors (Lipinski definition) is 3. The lowest BCUT2D eigenvalue weighted by molar-refractivity contribution is -0.0469. The number of aliphatic hydroxyl groups is 2. The van der Waals surface area contributed by atoms with E-state index in [1.165, 1.54) is 31.5 Å². The topological polar surface area (TPSA) is 147 Å². The average molecular weight is 420 g/mol. The van der Waals surface area contributed by atoms with Gasteiger partial charge in [-0.2, -0.15) is 10.2 Å². The molecule has 1 aromatic rings. The number of anilines is 1. The van der Waals surface area contributed by atoms with Crippen molar-refractivity contribution in [2.45, 2.75) is 57.5 Å². The van der Waals surface area contributed by atoms with Gasteiger partial charge in [0.05, 0.1) is 12.7 Å². The van der Waals surface area contributed by atoms with Gasteiger partial charge >= 0.3 is 11.8 Å². The van der Waals surface area contributed by atoms with E-state index in [9.17, 15) is 25.1 Å². The zero-order valence-corrected chi connectivity index (χ0v) is 16.9. The predicted octanol–water partition coefficient (Wildman–Crippen LogP) is 1.71. The highest BCUT2D eigenvalue weighted by Gasteiger charge is 2.45. The Hall–Kier alpha value is -2.74. The molecule has 30 heavy (non-hydrogen) atoms. The van der Waals surface area contributed by atoms with Crippen LogP contribution in [0.1, 0.15) is 45.3 Å². The summed E-state index contributed by atoms with van der Waals surface area (Å²) < 4.78 is 11.4. The number of aliphatic hydroxyl groups excluding tert-OH is 2. The molecule has 4 atom stereocenters. The van der Waals surface area contributed by atoms with E-state index in [0.29, 0.717) is 0 Å². The second kappa shape index (κ2) is 12.1. The maximum atomic E-state index is 12.3. The highest BCUT2D eigenvalue weighted by molar-refractivity contribution is 5.83. The molecular formula is C20H28N4O6. The number of hydrogen-bond acceptors (Lipinski definition) is 8. The molecule has 0 unspecified atom stereocenters. The van der Waals surface area contributed by atoms with Crippen molar-refractivity contribution in [3.63, 3.8) is 0 Å². The summed E-state index contributed by atoms with van der Waals surface area (Å²) in [6.45, 7) is 1.77. The molecule has 1 aliphatic rings. The van der Waals surface area contributed by atoms with Crippen molar-refractivity contribution >= 4 is 11.9 Å². The van der Waals surface area contributed by atoms with Crippen molar-refractivity contribution in [2.24, 2.45) is 5.92 Å². The Morgan fingerprint density at radius 2 is 2.23 bits per heavy atom. The summed E-state index contributed by atoms with van der Waals surface area (Å²) in [6, 6.07) is 3.23. The number of allylic oxidation sites excluding steroid dienone is 1. The third-order valence-corrected chi connectivity index (χ3v) is 4.74. The molecule has 10 nitrogen and oxygen atoms in total. The summed E-state index contributed by atoms with van der Waals surface area (Å²) in [5.41, 5.74) is -0.782. The van der Waals surface area contributed by atoms with Crippen LogP contribution in [-0.2, 0) is 9.47 Å². The lowest BCUT2D eigenvalue weighted by Gasteiger charge is -2.16. The molecular weight excluding hydrogens is 392 g/mol. The fourth-order valence-electron chi connectivity index (χ4n) is 3.09. The highest BCUT2D eigenvalue weighted by Crippen LogP contribution is 2.33. The summed E-state index contributed by atoms with van der Waals surface area (Å²) in [4.78, 5) is 27.8. The van der Waals surface area contributed by atoms with Crippen LogP contribution in [-0.4, -0.2) is 51.3 Å². The van der Waals surface area contributed by atoms with Crippen molar-refractivity contribution in [2.75, 3.05) is 18.5 Å². The van der Waals surface area contributed by atoms with Gasteiger partial charge in [0.25, 0.3) is 0 Å². The number of carbonyl (C=O) groups excluding carboxylic acids is 1. The summed E-state index contributed by atoms with van der Waals surface area (Å²) in [5.74, 6) is -1.06. The van der Waals surface area contributed by atoms with Gasteiger partial charge in [0.15, 0.2) is 6.23 Å². The van der Waals surface area contributed by atoms with Gasteiger partial charge in [-0.15, -0.1) is 0 Å². The van der Waals surface area contributed by atoms with E-state index >= 15 is 0 Å². The molecule has 0 radical (unpaired) electrons. The zero-order chi connectivity index (χ0) is 21.9. The van der Waals surface area contributed by atoms with Crippen molar-refractivity contribution in [1.29, 1.82) is 5.26 Å². The number of ether oxygens (including phenoxy) is 2. The van der Waals surface area contributed by atoms with Gasteiger partial charge in [0.2, 0.25) is 0 Å². The van der Waals surface area contributed by atoms with Crippen molar-refractivity contribution in [3.8, 4) is 6.07 Å². The molecule has 0 saturated carbocycles. The first kappa shape index (κ1) is 23.5. The SMILES string of the molecule is CCCCCC/C=C\COC(=O)Nc1ccn([C@@H]2O[C@H](CO)[C@@H](O)[C@@H]2C#N)c(=O)n1. The van der Waals surface area contributed by atoms with E-state index in [1.54, 1.807) is 6.08 Å². The molecule has 2 heterocycles. The molecule has 2 rings (SSSR count). The quantitative estimate of drug-likeness (QED) is 0.383. The Bertz CT molecular complexity index is 818. The standard InChI is InChI=1S/C20H28N4O6/c1-2-3-4-5-6-7-8-11-29-20(28)23-16-9-10-24(19(27)22-16)18-14(12-21)17(26)15(13-25)30-18/h7-10,14-15,17-18,25-26H,2-6,11,13H2,1H3,(H,22,23,27,28)/b8-7-/t14-,15+,17-,18+/m0/s1. The molecule has 0 aromatic carbocycles. The number of nitriles is 1. The first-order valence-corrected chi connectivity index (χ1v) is 10.0. The average Bonchev–Trinajstić information content (AvgIpc) is 3.05. The minimum Gasteiger partial charge on any atom is -0.445 e. The van der Waals surface area contributed by atoms with Gasteiger partial charge in [-0.1, -0.05) is 38.3 Å². The van der Waals surface area contributed by atoms with Gasteiger partial charge in [0.1, 0.15) is 30.6 Å². The zero-order valence-electron chi connectivity index (χ0n) is 16.9. The van der Waals surface area contributed by atoms with Gasteiger partial charge in [-0.3, -0.25) is 9.88 Å². The van der Waals surface area contributed by atoms with E-state index in [1.807, 2.05) is 12.1 Å². The van der Waals surface area contributed by atoms with Crippen molar-refractivity contribution in [3.05, 3.63) is 34.9 Å². The molecule has 1 aliphatic heterocycles. The molecule has 1 fully saturated rings. The van der Waals surface area contributed by atoms with E-state index in [4.69, 9.17) is 9.47 Å². The van der Waals surface area contributed by atoms with E-state index < -0.39 is 42.7 Å². The Balaban J connectivity index is 1.87. The minimum atomic E-state index is -1.23. The second-order valence-corrected chi connectivity index (χ2v) is 6.94. The minimum absolute atomic E-state index is 0.0180. The smallest absolute Gasteiger partial charge is 0.413 e.